The molecule has 1 aromatic rings. The number of hydrogen-bond donors (Lipinski definition) is 1. The van der Waals surface area contributed by atoms with E-state index in [0.717, 1.165) is 11.3 Å². The van der Waals surface area contributed by atoms with Gasteiger partial charge in [-0.2, -0.15) is 5.10 Å². The second kappa shape index (κ2) is 5.22. The summed E-state index contributed by atoms with van der Waals surface area (Å²) < 4.78 is 0. The van der Waals surface area contributed by atoms with Crippen LogP contribution in [0.5, 0.6) is 0 Å². The maximum Gasteiger partial charge on any atom is 0.0633 e. The van der Waals surface area contributed by atoms with E-state index < -0.39 is 0 Å². The summed E-state index contributed by atoms with van der Waals surface area (Å²) in [4.78, 5) is 0. The lowest BCUT2D eigenvalue weighted by atomic mass is 10.1. The lowest BCUT2D eigenvalue weighted by molar-refractivity contribution is 0.836. The van der Waals surface area contributed by atoms with Gasteiger partial charge in [0.05, 0.1) is 5.69 Å². The molecule has 0 spiro atoms. The van der Waals surface area contributed by atoms with Gasteiger partial charge >= 0.3 is 0 Å². The minimum absolute atomic E-state index is 0.555. The van der Waals surface area contributed by atoms with E-state index in [1.807, 2.05) is 24.3 Å². The van der Waals surface area contributed by atoms with Gasteiger partial charge in [0.1, 0.15) is 0 Å². The first kappa shape index (κ1) is 10.5. The minimum atomic E-state index is 0.555. The van der Waals surface area contributed by atoms with Crippen LogP contribution < -0.4 is 5.43 Å². The monoisotopic (exact) mass is 188 g/mol. The molecule has 0 bridgehead atoms. The molecule has 1 aromatic carbocycles. The summed E-state index contributed by atoms with van der Waals surface area (Å²) in [7, 11) is 0. The molecular weight excluding hydrogens is 172 g/mol. The van der Waals surface area contributed by atoms with Crippen LogP contribution in [0.4, 0.5) is 5.69 Å². The molecule has 0 saturated carbocycles. The van der Waals surface area contributed by atoms with Crippen LogP contribution in [0, 0.1) is 5.92 Å². The van der Waals surface area contributed by atoms with Gasteiger partial charge in [0.15, 0.2) is 0 Å². The first-order chi connectivity index (χ1) is 6.74. The van der Waals surface area contributed by atoms with Crippen LogP contribution in [-0.2, 0) is 0 Å². The number of hydrogen-bond acceptors (Lipinski definition) is 2. The van der Waals surface area contributed by atoms with Crippen molar-refractivity contribution in [2.24, 2.45) is 11.0 Å². The van der Waals surface area contributed by atoms with Gasteiger partial charge in [-0.3, -0.25) is 5.43 Å². The number of anilines is 1. The first-order valence-corrected chi connectivity index (χ1v) is 4.73. The van der Waals surface area contributed by atoms with Gasteiger partial charge in [-0.1, -0.05) is 44.2 Å². The SMILES string of the molecule is C=NNc1ccccc1/C=C/C(C)C. The molecule has 0 heterocycles. The molecule has 0 atom stereocenters. The summed E-state index contributed by atoms with van der Waals surface area (Å²) in [6, 6.07) is 8.01. The van der Waals surface area contributed by atoms with Crippen molar-refractivity contribution in [3.8, 4) is 0 Å². The molecule has 0 aliphatic rings. The Morgan fingerprint density at radius 2 is 2.07 bits per heavy atom. The molecule has 1 N–H and O–H groups in total. The number of allylic oxidation sites excluding steroid dienone is 1. The molecule has 74 valence electrons. The Morgan fingerprint density at radius 3 is 2.71 bits per heavy atom. The molecule has 0 fully saturated rings. The number of nitrogens with one attached hydrogen (secondary N) is 1. The Morgan fingerprint density at radius 1 is 1.36 bits per heavy atom. The van der Waals surface area contributed by atoms with Gasteiger partial charge in [-0.25, -0.2) is 0 Å². The van der Waals surface area contributed by atoms with Crippen LogP contribution in [-0.4, -0.2) is 6.72 Å². The second-order valence-electron chi connectivity index (χ2n) is 3.46. The summed E-state index contributed by atoms with van der Waals surface area (Å²) in [5.74, 6) is 0.555. The molecule has 0 unspecified atom stereocenters. The fourth-order valence-corrected chi connectivity index (χ4v) is 1.13. The van der Waals surface area contributed by atoms with Gasteiger partial charge in [0.25, 0.3) is 0 Å². The summed E-state index contributed by atoms with van der Waals surface area (Å²) in [5, 5.41) is 3.66. The third-order valence-electron chi connectivity index (χ3n) is 1.82. The van der Waals surface area contributed by atoms with E-state index in [9.17, 15) is 0 Å². The summed E-state index contributed by atoms with van der Waals surface area (Å²) in [5.41, 5.74) is 4.98. The zero-order valence-corrected chi connectivity index (χ0v) is 8.70. The molecule has 0 aromatic heterocycles. The predicted octanol–water partition coefficient (Wildman–Crippen LogP) is 3.38. The van der Waals surface area contributed by atoms with E-state index in [0.29, 0.717) is 5.92 Å². The molecule has 0 amide bonds. The second-order valence-corrected chi connectivity index (χ2v) is 3.46. The van der Waals surface area contributed by atoms with E-state index in [-0.39, 0.29) is 0 Å². The Kier molecular flexibility index (Phi) is 3.92. The van der Waals surface area contributed by atoms with Crippen molar-refractivity contribution >= 4 is 18.5 Å². The van der Waals surface area contributed by atoms with Crippen molar-refractivity contribution in [1.82, 2.24) is 0 Å². The molecule has 2 nitrogen and oxygen atoms in total. The van der Waals surface area contributed by atoms with Crippen LogP contribution in [0.2, 0.25) is 0 Å². The molecule has 0 aliphatic heterocycles. The van der Waals surface area contributed by atoms with E-state index in [2.05, 4.69) is 43.2 Å². The van der Waals surface area contributed by atoms with Crippen LogP contribution in [0.25, 0.3) is 6.08 Å². The molecule has 0 radical (unpaired) electrons. The number of benzene rings is 1. The first-order valence-electron chi connectivity index (χ1n) is 4.73. The maximum atomic E-state index is 3.66. The van der Waals surface area contributed by atoms with Crippen LogP contribution >= 0.6 is 0 Å². The standard InChI is InChI=1S/C12H16N2/c1-10(2)8-9-11-6-4-5-7-12(11)14-13-3/h4-10,14H,3H2,1-2H3/b9-8+. The summed E-state index contributed by atoms with van der Waals surface area (Å²) >= 11 is 0. The van der Waals surface area contributed by atoms with Crippen molar-refractivity contribution < 1.29 is 0 Å². The highest BCUT2D eigenvalue weighted by atomic mass is 15.3. The van der Waals surface area contributed by atoms with Crippen molar-refractivity contribution in [3.63, 3.8) is 0 Å². The van der Waals surface area contributed by atoms with Crippen molar-refractivity contribution in [1.29, 1.82) is 0 Å². The predicted molar refractivity (Wildman–Crippen MR) is 63.5 cm³/mol. The molecular formula is C12H16N2. The summed E-state index contributed by atoms with van der Waals surface area (Å²) in [6.45, 7) is 7.71. The average molecular weight is 188 g/mol. The average Bonchev–Trinajstić information content (AvgIpc) is 2.17. The van der Waals surface area contributed by atoms with Crippen LogP contribution in [0.15, 0.2) is 35.4 Å². The lowest BCUT2D eigenvalue weighted by Gasteiger charge is -2.04. The largest absolute Gasteiger partial charge is 0.278 e. The van der Waals surface area contributed by atoms with Gasteiger partial charge < -0.3 is 0 Å². The third-order valence-corrected chi connectivity index (χ3v) is 1.82. The topological polar surface area (TPSA) is 24.4 Å². The maximum absolute atomic E-state index is 3.66. The van der Waals surface area contributed by atoms with Gasteiger partial charge in [0.2, 0.25) is 0 Å². The van der Waals surface area contributed by atoms with Gasteiger partial charge in [0, 0.05) is 6.72 Å². The third kappa shape index (κ3) is 3.05. The fraction of sp³-hybridized carbons (Fsp3) is 0.250. The van der Waals surface area contributed by atoms with Gasteiger partial charge in [-0.05, 0) is 17.5 Å². The van der Waals surface area contributed by atoms with Crippen molar-refractivity contribution in [2.75, 3.05) is 5.43 Å². The van der Waals surface area contributed by atoms with E-state index >= 15 is 0 Å². The van der Waals surface area contributed by atoms with Crippen LogP contribution in [0.3, 0.4) is 0 Å². The highest BCUT2D eigenvalue weighted by Gasteiger charge is 1.95. The molecule has 1 rings (SSSR count). The highest BCUT2D eigenvalue weighted by molar-refractivity contribution is 5.66. The molecule has 2 heteroatoms. The number of hydrazone groups is 1. The lowest BCUT2D eigenvalue weighted by Crippen LogP contribution is -1.89. The quantitative estimate of drug-likeness (QED) is 0.568. The highest BCUT2D eigenvalue weighted by Crippen LogP contribution is 2.17. The van der Waals surface area contributed by atoms with Crippen LogP contribution in [0.1, 0.15) is 19.4 Å². The molecule has 0 aliphatic carbocycles. The smallest absolute Gasteiger partial charge is 0.0633 e. The Hall–Kier alpha value is -1.57. The number of nitrogens with zero attached hydrogens (tertiary/aromatic N) is 1. The number of para-hydroxylation sites is 1. The van der Waals surface area contributed by atoms with E-state index in [1.54, 1.807) is 0 Å². The molecule has 0 saturated heterocycles. The van der Waals surface area contributed by atoms with Gasteiger partial charge in [-0.15, -0.1) is 0 Å². The Labute approximate surface area is 85.3 Å². The Bertz CT molecular complexity index is 327. The van der Waals surface area contributed by atoms with E-state index in [4.69, 9.17) is 0 Å². The molecule has 14 heavy (non-hydrogen) atoms. The van der Waals surface area contributed by atoms with Crippen molar-refractivity contribution in [3.05, 3.63) is 35.9 Å². The summed E-state index contributed by atoms with van der Waals surface area (Å²) in [6.07, 6.45) is 4.25. The minimum Gasteiger partial charge on any atom is -0.278 e. The zero-order chi connectivity index (χ0) is 10.4. The Balaban J connectivity index is 2.89. The zero-order valence-electron chi connectivity index (χ0n) is 8.70. The fourth-order valence-electron chi connectivity index (χ4n) is 1.13. The van der Waals surface area contributed by atoms with Crippen molar-refractivity contribution in [2.45, 2.75) is 13.8 Å². The van der Waals surface area contributed by atoms with E-state index in [1.165, 1.54) is 0 Å². The number of rotatable bonds is 4. The normalized spacial score (nSPS) is 10.8.